The monoisotopic (exact) mass is 179 g/mol. The molecule has 1 N–H and O–H groups in total. The Hall–Kier alpha value is -1.38. The lowest BCUT2D eigenvalue weighted by Gasteiger charge is -2.06. The quantitative estimate of drug-likeness (QED) is 0.757. The van der Waals surface area contributed by atoms with Crippen LogP contribution < -0.4 is 0 Å². The van der Waals surface area contributed by atoms with Crippen LogP contribution in [0.15, 0.2) is 12.1 Å². The summed E-state index contributed by atoms with van der Waals surface area (Å²) in [4.78, 5) is 14.8. The number of nitrogens with zero attached hydrogens (tertiary/aromatic N) is 1. The summed E-state index contributed by atoms with van der Waals surface area (Å²) in [5.41, 5.74) is 1.69. The van der Waals surface area contributed by atoms with Gasteiger partial charge in [0, 0.05) is 5.69 Å². The number of carboxylic acid groups (broad SMARTS) is 1. The van der Waals surface area contributed by atoms with E-state index in [1.54, 1.807) is 13.0 Å². The third kappa shape index (κ3) is 2.05. The van der Waals surface area contributed by atoms with Crippen LogP contribution in [0.1, 0.15) is 41.5 Å². The third-order valence-electron chi connectivity index (χ3n) is 1.91. The van der Waals surface area contributed by atoms with E-state index in [0.29, 0.717) is 5.56 Å². The van der Waals surface area contributed by atoms with Gasteiger partial charge in [-0.15, -0.1) is 0 Å². The fourth-order valence-corrected chi connectivity index (χ4v) is 1.08. The molecular weight excluding hydrogens is 166 g/mol. The highest BCUT2D eigenvalue weighted by Crippen LogP contribution is 2.14. The number of hydrogen-bond donors (Lipinski definition) is 1. The standard InChI is InChI=1S/C10H13NO2/c1-6(2)8-5-4-7(3)9(11-8)10(12)13/h4-6H,1-3H3,(H,12,13). The summed E-state index contributed by atoms with van der Waals surface area (Å²) in [5, 5.41) is 8.81. The zero-order chi connectivity index (χ0) is 10.0. The molecule has 0 aliphatic carbocycles. The van der Waals surface area contributed by atoms with Gasteiger partial charge in [0.25, 0.3) is 0 Å². The summed E-state index contributed by atoms with van der Waals surface area (Å²) in [6, 6.07) is 3.66. The SMILES string of the molecule is Cc1ccc(C(C)C)nc1C(=O)O. The molecule has 0 bridgehead atoms. The predicted molar refractivity (Wildman–Crippen MR) is 50.0 cm³/mol. The van der Waals surface area contributed by atoms with Crippen LogP contribution in [0, 0.1) is 6.92 Å². The Morgan fingerprint density at radius 1 is 1.46 bits per heavy atom. The molecule has 0 atom stereocenters. The van der Waals surface area contributed by atoms with Crippen LogP contribution in [-0.4, -0.2) is 16.1 Å². The lowest BCUT2D eigenvalue weighted by molar-refractivity contribution is 0.0689. The van der Waals surface area contributed by atoms with Gasteiger partial charge in [0.2, 0.25) is 0 Å². The first-order valence-corrected chi connectivity index (χ1v) is 4.23. The number of pyridine rings is 1. The highest BCUT2D eigenvalue weighted by Gasteiger charge is 2.10. The van der Waals surface area contributed by atoms with Gasteiger partial charge in [-0.1, -0.05) is 19.9 Å². The lowest BCUT2D eigenvalue weighted by Crippen LogP contribution is -2.06. The molecule has 0 spiro atoms. The highest BCUT2D eigenvalue weighted by molar-refractivity contribution is 5.86. The summed E-state index contributed by atoms with van der Waals surface area (Å²) in [6.45, 7) is 5.73. The zero-order valence-electron chi connectivity index (χ0n) is 8.03. The van der Waals surface area contributed by atoms with E-state index in [-0.39, 0.29) is 11.6 Å². The normalized spacial score (nSPS) is 10.5. The largest absolute Gasteiger partial charge is 0.477 e. The number of rotatable bonds is 2. The lowest BCUT2D eigenvalue weighted by atomic mass is 10.1. The van der Waals surface area contributed by atoms with Gasteiger partial charge in [-0.3, -0.25) is 0 Å². The van der Waals surface area contributed by atoms with Crippen molar-refractivity contribution in [2.24, 2.45) is 0 Å². The highest BCUT2D eigenvalue weighted by atomic mass is 16.4. The second-order valence-electron chi connectivity index (χ2n) is 3.36. The zero-order valence-corrected chi connectivity index (χ0v) is 8.03. The topological polar surface area (TPSA) is 50.2 Å². The van der Waals surface area contributed by atoms with Crippen LogP contribution in [0.3, 0.4) is 0 Å². The molecule has 0 saturated carbocycles. The molecule has 1 aromatic rings. The van der Waals surface area contributed by atoms with E-state index in [9.17, 15) is 4.79 Å². The molecular formula is C10H13NO2. The molecule has 0 aliphatic rings. The Balaban J connectivity index is 3.19. The fraction of sp³-hybridized carbons (Fsp3) is 0.400. The number of aromatic nitrogens is 1. The Bertz CT molecular complexity index is 332. The Morgan fingerprint density at radius 3 is 2.54 bits per heavy atom. The number of aromatic carboxylic acids is 1. The molecule has 1 aromatic heterocycles. The van der Waals surface area contributed by atoms with Crippen LogP contribution in [0.5, 0.6) is 0 Å². The van der Waals surface area contributed by atoms with Crippen molar-refractivity contribution in [1.29, 1.82) is 0 Å². The molecule has 13 heavy (non-hydrogen) atoms. The van der Waals surface area contributed by atoms with E-state index >= 15 is 0 Å². The van der Waals surface area contributed by atoms with Crippen molar-refractivity contribution in [3.05, 3.63) is 29.1 Å². The van der Waals surface area contributed by atoms with Gasteiger partial charge in [0.05, 0.1) is 0 Å². The van der Waals surface area contributed by atoms with Crippen molar-refractivity contribution in [2.75, 3.05) is 0 Å². The summed E-state index contributed by atoms with van der Waals surface area (Å²) in [7, 11) is 0. The van der Waals surface area contributed by atoms with Gasteiger partial charge in [-0.2, -0.15) is 0 Å². The molecule has 0 radical (unpaired) electrons. The van der Waals surface area contributed by atoms with Crippen molar-refractivity contribution in [3.8, 4) is 0 Å². The first-order chi connectivity index (χ1) is 6.02. The third-order valence-corrected chi connectivity index (χ3v) is 1.91. The van der Waals surface area contributed by atoms with Gasteiger partial charge in [0.15, 0.2) is 5.69 Å². The Morgan fingerprint density at radius 2 is 2.08 bits per heavy atom. The number of hydrogen-bond acceptors (Lipinski definition) is 2. The van der Waals surface area contributed by atoms with E-state index in [1.165, 1.54) is 0 Å². The maximum absolute atomic E-state index is 10.7. The first-order valence-electron chi connectivity index (χ1n) is 4.23. The smallest absolute Gasteiger partial charge is 0.354 e. The van der Waals surface area contributed by atoms with Crippen molar-refractivity contribution in [3.63, 3.8) is 0 Å². The van der Waals surface area contributed by atoms with Gasteiger partial charge < -0.3 is 5.11 Å². The van der Waals surface area contributed by atoms with Crippen LogP contribution in [0.25, 0.3) is 0 Å². The predicted octanol–water partition coefficient (Wildman–Crippen LogP) is 2.21. The number of carboxylic acids is 1. The van der Waals surface area contributed by atoms with Gasteiger partial charge >= 0.3 is 5.97 Å². The molecule has 3 heteroatoms. The summed E-state index contributed by atoms with van der Waals surface area (Å²) < 4.78 is 0. The van der Waals surface area contributed by atoms with Crippen molar-refractivity contribution < 1.29 is 9.90 Å². The Kier molecular flexibility index (Phi) is 2.66. The van der Waals surface area contributed by atoms with E-state index in [4.69, 9.17) is 5.11 Å². The van der Waals surface area contributed by atoms with Gasteiger partial charge in [-0.25, -0.2) is 9.78 Å². The van der Waals surface area contributed by atoms with Crippen LogP contribution in [0.4, 0.5) is 0 Å². The second kappa shape index (κ2) is 3.56. The molecule has 1 rings (SSSR count). The second-order valence-corrected chi connectivity index (χ2v) is 3.36. The number of aryl methyl sites for hydroxylation is 1. The summed E-state index contributed by atoms with van der Waals surface area (Å²) >= 11 is 0. The van der Waals surface area contributed by atoms with E-state index in [0.717, 1.165) is 5.69 Å². The molecule has 0 aromatic carbocycles. The molecule has 0 aliphatic heterocycles. The molecule has 0 amide bonds. The maximum Gasteiger partial charge on any atom is 0.354 e. The van der Waals surface area contributed by atoms with Crippen molar-refractivity contribution in [1.82, 2.24) is 4.98 Å². The van der Waals surface area contributed by atoms with Crippen molar-refractivity contribution >= 4 is 5.97 Å². The average Bonchev–Trinajstić information content (AvgIpc) is 2.04. The first kappa shape index (κ1) is 9.71. The minimum Gasteiger partial charge on any atom is -0.477 e. The van der Waals surface area contributed by atoms with E-state index in [2.05, 4.69) is 4.98 Å². The molecule has 0 saturated heterocycles. The Labute approximate surface area is 77.4 Å². The van der Waals surface area contributed by atoms with Crippen LogP contribution in [-0.2, 0) is 0 Å². The van der Waals surface area contributed by atoms with Crippen LogP contribution >= 0.6 is 0 Å². The maximum atomic E-state index is 10.7. The molecule has 70 valence electrons. The molecule has 0 fully saturated rings. The minimum atomic E-state index is -0.958. The van der Waals surface area contributed by atoms with Crippen molar-refractivity contribution in [2.45, 2.75) is 26.7 Å². The van der Waals surface area contributed by atoms with Gasteiger partial charge in [0.1, 0.15) is 0 Å². The average molecular weight is 179 g/mol. The van der Waals surface area contributed by atoms with E-state index in [1.807, 2.05) is 19.9 Å². The summed E-state index contributed by atoms with van der Waals surface area (Å²) in [5.74, 6) is -0.696. The fourth-order valence-electron chi connectivity index (χ4n) is 1.08. The van der Waals surface area contributed by atoms with Crippen LogP contribution in [0.2, 0.25) is 0 Å². The van der Waals surface area contributed by atoms with E-state index < -0.39 is 5.97 Å². The number of carbonyl (C=O) groups is 1. The molecule has 1 heterocycles. The summed E-state index contributed by atoms with van der Waals surface area (Å²) in [6.07, 6.45) is 0. The minimum absolute atomic E-state index is 0.159. The molecule has 0 unspecified atom stereocenters. The van der Waals surface area contributed by atoms with Gasteiger partial charge in [-0.05, 0) is 24.5 Å². The molecule has 3 nitrogen and oxygen atoms in total.